The summed E-state index contributed by atoms with van der Waals surface area (Å²) in [4.78, 5) is 57.2. The Bertz CT molecular complexity index is 1040. The molecule has 4 unspecified atom stereocenters. The maximum Gasteiger partial charge on any atom is 0.326 e. The van der Waals surface area contributed by atoms with Crippen LogP contribution in [-0.2, 0) is 32.0 Å². The zero-order valence-electron chi connectivity index (χ0n) is 20.2. The third-order valence-electron chi connectivity index (χ3n) is 5.38. The number of carbonyl (C=O) groups excluding carboxylic acids is 3. The molecule has 14 heteroatoms. The normalized spacial score (nSPS) is 14.1. The van der Waals surface area contributed by atoms with Crippen LogP contribution in [0.25, 0.3) is 0 Å². The lowest BCUT2D eigenvalue weighted by Crippen LogP contribution is -2.58. The number of phenols is 1. The van der Waals surface area contributed by atoms with E-state index in [1.807, 2.05) is 6.26 Å². The van der Waals surface area contributed by atoms with E-state index >= 15 is 0 Å². The van der Waals surface area contributed by atoms with E-state index in [1.54, 1.807) is 12.1 Å². The monoisotopic (exact) mass is 552 g/mol. The lowest BCUT2D eigenvalue weighted by molar-refractivity contribution is -0.142. The molecular formula is C23H32N6O6S2. The van der Waals surface area contributed by atoms with Crippen LogP contribution in [0.3, 0.4) is 0 Å². The second-order valence-electron chi connectivity index (χ2n) is 8.24. The number of aliphatic carboxylic acids is 1. The molecule has 0 aliphatic carbocycles. The molecule has 0 fully saturated rings. The molecule has 2 aromatic rings. The summed E-state index contributed by atoms with van der Waals surface area (Å²) in [6.07, 6.45) is 4.94. The minimum atomic E-state index is -1.28. The fraction of sp³-hybridized carbons (Fsp3) is 0.435. The summed E-state index contributed by atoms with van der Waals surface area (Å²) in [5, 5.41) is 26.9. The van der Waals surface area contributed by atoms with Gasteiger partial charge in [0.25, 0.3) is 0 Å². The van der Waals surface area contributed by atoms with Crippen LogP contribution in [-0.4, -0.2) is 85.8 Å². The van der Waals surface area contributed by atoms with Crippen molar-refractivity contribution < 1.29 is 29.4 Å². The molecule has 0 spiro atoms. The van der Waals surface area contributed by atoms with E-state index in [2.05, 4.69) is 38.5 Å². The zero-order valence-corrected chi connectivity index (χ0v) is 21.9. The van der Waals surface area contributed by atoms with Gasteiger partial charge in [-0.15, -0.1) is 0 Å². The summed E-state index contributed by atoms with van der Waals surface area (Å²) < 4.78 is 0. The maximum absolute atomic E-state index is 13.2. The first-order chi connectivity index (χ1) is 17.6. The molecule has 3 amide bonds. The molecule has 1 aromatic carbocycles. The number of nitrogens with two attached hydrogens (primary N) is 1. The number of hydrogen-bond donors (Lipinski definition) is 8. The van der Waals surface area contributed by atoms with Gasteiger partial charge < -0.3 is 36.9 Å². The van der Waals surface area contributed by atoms with Crippen molar-refractivity contribution in [3.05, 3.63) is 48.0 Å². The quantitative estimate of drug-likeness (QED) is 0.134. The van der Waals surface area contributed by atoms with Crippen molar-refractivity contribution >= 4 is 48.1 Å². The first-order valence-electron chi connectivity index (χ1n) is 11.4. The molecule has 2 rings (SSSR count). The maximum atomic E-state index is 13.2. The number of carboxylic acid groups (broad SMARTS) is 1. The SMILES string of the molecule is CSCCC(NC(=O)C(N)CS)C(=O)NC(Cc1ccc(O)cc1)C(=O)NC(Cc1cnc[nH]1)C(=O)O. The number of nitrogens with zero attached hydrogens (tertiary/aromatic N) is 1. The van der Waals surface area contributed by atoms with Crippen molar-refractivity contribution in [2.75, 3.05) is 17.8 Å². The van der Waals surface area contributed by atoms with Gasteiger partial charge in [-0.1, -0.05) is 12.1 Å². The molecule has 12 nitrogen and oxygen atoms in total. The third kappa shape index (κ3) is 9.98. The van der Waals surface area contributed by atoms with E-state index in [0.29, 0.717) is 17.0 Å². The van der Waals surface area contributed by atoms with Crippen LogP contribution in [0, 0.1) is 0 Å². The summed E-state index contributed by atoms with van der Waals surface area (Å²) in [5.41, 5.74) is 6.84. The van der Waals surface area contributed by atoms with E-state index in [4.69, 9.17) is 5.73 Å². The first-order valence-corrected chi connectivity index (χ1v) is 13.4. The number of hydrogen-bond acceptors (Lipinski definition) is 9. The standard InChI is InChI=1S/C23H32N6O6S2/c1-37-7-6-17(27-20(31)16(24)11-36)21(32)28-18(8-13-2-4-15(30)5-3-13)22(33)29-19(23(34)35)9-14-10-25-12-26-14/h2-5,10,12,16-19,30,36H,6-9,11,24H2,1H3,(H,25,26)(H,27,31)(H,28,32)(H,29,33)(H,34,35). The highest BCUT2D eigenvalue weighted by atomic mass is 32.2. The number of aromatic hydroxyl groups is 1. The summed E-state index contributed by atoms with van der Waals surface area (Å²) in [6.45, 7) is 0. The van der Waals surface area contributed by atoms with E-state index in [1.165, 1.54) is 36.4 Å². The van der Waals surface area contributed by atoms with E-state index in [-0.39, 0.29) is 30.8 Å². The fourth-order valence-electron chi connectivity index (χ4n) is 3.30. The number of aromatic amines is 1. The molecular weight excluding hydrogens is 520 g/mol. The van der Waals surface area contributed by atoms with Crippen molar-refractivity contribution in [1.82, 2.24) is 25.9 Å². The number of phenolic OH excluding ortho intramolecular Hbond substituents is 1. The van der Waals surface area contributed by atoms with E-state index in [0.717, 1.165) is 0 Å². The van der Waals surface area contributed by atoms with Gasteiger partial charge in [0.15, 0.2) is 0 Å². The lowest BCUT2D eigenvalue weighted by atomic mass is 10.0. The molecule has 0 aliphatic rings. The Balaban J connectivity index is 2.24. The van der Waals surface area contributed by atoms with Crippen molar-refractivity contribution in [2.24, 2.45) is 5.73 Å². The Morgan fingerprint density at radius 3 is 2.22 bits per heavy atom. The van der Waals surface area contributed by atoms with Crippen LogP contribution in [0.15, 0.2) is 36.8 Å². The van der Waals surface area contributed by atoms with Gasteiger partial charge in [0.05, 0.1) is 12.4 Å². The molecule has 37 heavy (non-hydrogen) atoms. The number of nitrogens with one attached hydrogen (secondary N) is 4. The highest BCUT2D eigenvalue weighted by Crippen LogP contribution is 2.12. The molecule has 4 atom stereocenters. The van der Waals surface area contributed by atoms with Crippen LogP contribution in [0.4, 0.5) is 0 Å². The number of amides is 3. The number of imidazole rings is 1. The minimum Gasteiger partial charge on any atom is -0.508 e. The predicted octanol–water partition coefficient (Wildman–Crippen LogP) is -0.550. The smallest absolute Gasteiger partial charge is 0.326 e. The Kier molecular flexibility index (Phi) is 12.3. The van der Waals surface area contributed by atoms with Gasteiger partial charge in [-0.3, -0.25) is 14.4 Å². The Hall–Kier alpha value is -3.23. The largest absolute Gasteiger partial charge is 0.508 e. The molecule has 0 aliphatic heterocycles. The second-order valence-corrected chi connectivity index (χ2v) is 9.59. The summed E-state index contributed by atoms with van der Waals surface area (Å²) >= 11 is 5.49. The molecule has 0 saturated heterocycles. The highest BCUT2D eigenvalue weighted by molar-refractivity contribution is 7.98. The topological polar surface area (TPSA) is 200 Å². The van der Waals surface area contributed by atoms with Gasteiger partial charge in [-0.25, -0.2) is 9.78 Å². The highest BCUT2D eigenvalue weighted by Gasteiger charge is 2.30. The van der Waals surface area contributed by atoms with Gasteiger partial charge in [-0.2, -0.15) is 24.4 Å². The number of benzene rings is 1. The summed E-state index contributed by atoms with van der Waals surface area (Å²) in [7, 11) is 0. The van der Waals surface area contributed by atoms with Gasteiger partial charge in [0.1, 0.15) is 23.9 Å². The van der Waals surface area contributed by atoms with Gasteiger partial charge in [0, 0.05) is 30.5 Å². The lowest BCUT2D eigenvalue weighted by Gasteiger charge is -2.25. The molecule has 1 heterocycles. The molecule has 202 valence electrons. The van der Waals surface area contributed by atoms with Crippen molar-refractivity contribution in [1.29, 1.82) is 0 Å². The predicted molar refractivity (Wildman–Crippen MR) is 142 cm³/mol. The molecule has 8 N–H and O–H groups in total. The average molecular weight is 553 g/mol. The van der Waals surface area contributed by atoms with Crippen LogP contribution >= 0.6 is 24.4 Å². The Morgan fingerprint density at radius 2 is 1.65 bits per heavy atom. The van der Waals surface area contributed by atoms with Gasteiger partial charge in [-0.05, 0) is 36.1 Å². The van der Waals surface area contributed by atoms with Gasteiger partial charge in [0.2, 0.25) is 17.7 Å². The second kappa shape index (κ2) is 15.1. The number of carbonyl (C=O) groups is 4. The van der Waals surface area contributed by atoms with Crippen LogP contribution in [0.1, 0.15) is 17.7 Å². The number of H-pyrrole nitrogens is 1. The Labute approximate surface area is 224 Å². The van der Waals surface area contributed by atoms with Crippen molar-refractivity contribution in [3.8, 4) is 5.75 Å². The number of thiol groups is 1. The summed E-state index contributed by atoms with van der Waals surface area (Å²) in [6, 6.07) is 1.69. The number of carboxylic acids is 1. The minimum absolute atomic E-state index is 0.00754. The molecule has 0 bridgehead atoms. The number of aromatic nitrogens is 2. The summed E-state index contributed by atoms with van der Waals surface area (Å²) in [5.74, 6) is -2.50. The van der Waals surface area contributed by atoms with Crippen LogP contribution < -0.4 is 21.7 Å². The number of rotatable bonds is 15. The molecule has 1 aromatic heterocycles. The molecule has 0 radical (unpaired) electrons. The van der Waals surface area contributed by atoms with Crippen LogP contribution in [0.2, 0.25) is 0 Å². The number of thioether (sulfide) groups is 1. The third-order valence-corrected chi connectivity index (χ3v) is 6.42. The first kappa shape index (κ1) is 30.0. The van der Waals surface area contributed by atoms with Crippen LogP contribution in [0.5, 0.6) is 5.75 Å². The Morgan fingerprint density at radius 1 is 1.03 bits per heavy atom. The van der Waals surface area contributed by atoms with Crippen molar-refractivity contribution in [3.63, 3.8) is 0 Å². The van der Waals surface area contributed by atoms with Crippen molar-refractivity contribution in [2.45, 2.75) is 43.4 Å². The van der Waals surface area contributed by atoms with E-state index in [9.17, 15) is 29.4 Å². The average Bonchev–Trinajstić information content (AvgIpc) is 3.39. The van der Waals surface area contributed by atoms with Gasteiger partial charge >= 0.3 is 5.97 Å². The zero-order chi connectivity index (χ0) is 27.4. The fourth-order valence-corrected chi connectivity index (χ4v) is 3.94. The molecule has 0 saturated carbocycles. The van der Waals surface area contributed by atoms with E-state index < -0.39 is 47.9 Å².